The molecule has 1 fully saturated rings. The number of benzene rings is 2. The number of amides is 2. The molecule has 1 saturated heterocycles. The monoisotopic (exact) mass is 745 g/mol. The van der Waals surface area contributed by atoms with Crippen LogP contribution < -0.4 is 10.6 Å². The van der Waals surface area contributed by atoms with Crippen LogP contribution in [0.1, 0.15) is 55.6 Å². The zero-order valence-electron chi connectivity index (χ0n) is 27.4. The number of nitrogens with one attached hydrogen (secondary N) is 2. The Hall–Kier alpha value is -3.67. The number of carbonyl (C=O) groups excluding carboxylic acids is 3. The molecule has 2 N–H and O–H groups in total. The number of pyridine rings is 1. The van der Waals surface area contributed by atoms with Crippen LogP contribution >= 0.6 is 35.0 Å². The summed E-state index contributed by atoms with van der Waals surface area (Å²) in [4.78, 5) is 43.6. The maximum atomic E-state index is 13.9. The highest BCUT2D eigenvalue weighted by atomic mass is 35.5. The average molecular weight is 747 g/mol. The maximum absolute atomic E-state index is 13.9. The molecule has 11 nitrogen and oxygen atoms in total. The molecule has 49 heavy (non-hydrogen) atoms. The summed E-state index contributed by atoms with van der Waals surface area (Å²) in [5.41, 5.74) is 1.33. The molecular formula is C34H37Cl2N5O6S2. The van der Waals surface area contributed by atoms with Gasteiger partial charge in [-0.1, -0.05) is 62.2 Å². The van der Waals surface area contributed by atoms with Gasteiger partial charge in [-0.2, -0.15) is 21.3 Å². The average Bonchev–Trinajstić information content (AvgIpc) is 3.50. The zero-order valence-corrected chi connectivity index (χ0v) is 30.5. The van der Waals surface area contributed by atoms with Crippen LogP contribution in [0.4, 0.5) is 5.69 Å². The van der Waals surface area contributed by atoms with Gasteiger partial charge >= 0.3 is 5.97 Å². The fourth-order valence-corrected chi connectivity index (χ4v) is 8.96. The van der Waals surface area contributed by atoms with E-state index in [9.17, 15) is 28.1 Å². The van der Waals surface area contributed by atoms with E-state index in [1.54, 1.807) is 43.0 Å². The second-order valence-electron chi connectivity index (χ2n) is 11.8. The Morgan fingerprint density at radius 3 is 2.39 bits per heavy atom. The van der Waals surface area contributed by atoms with E-state index < -0.39 is 39.9 Å². The Kier molecular flexibility index (Phi) is 13.1. The lowest BCUT2D eigenvalue weighted by molar-refractivity contribution is -0.147. The fourth-order valence-electron chi connectivity index (χ4n) is 5.18. The minimum Gasteiger partial charge on any atom is -0.464 e. The highest BCUT2D eigenvalue weighted by molar-refractivity contribution is 8.00. The van der Waals surface area contributed by atoms with Crippen molar-refractivity contribution < 1.29 is 27.5 Å². The zero-order chi connectivity index (χ0) is 35.9. The Morgan fingerprint density at radius 1 is 1.10 bits per heavy atom. The lowest BCUT2D eigenvalue weighted by atomic mass is 10.0. The standard InChI is InChI=1S/C34H37Cl2N5O6S2/c1-5-47-34(44)29(14-22-9-11-24(12-10-22)39-33(43)31-27(35)17-38-18-28(31)36)40-32(42)30-15-25(48-21(4)20(2)3)19-41(30)49(45,46)26-8-6-7-23(13-26)16-37/h6-13,17-18,20-21,25,29-30H,5,14-15,19H2,1-4H3,(H,39,43)(H,40,42)/t21?,25-,29+,30+/m1/s1. The predicted octanol–water partition coefficient (Wildman–Crippen LogP) is 5.71. The second kappa shape index (κ2) is 16.8. The number of aromatic nitrogens is 1. The minimum atomic E-state index is -4.18. The van der Waals surface area contributed by atoms with Gasteiger partial charge in [0, 0.05) is 41.5 Å². The van der Waals surface area contributed by atoms with Gasteiger partial charge in [-0.15, -0.1) is 0 Å². The van der Waals surface area contributed by atoms with Crippen molar-refractivity contribution in [1.29, 1.82) is 5.26 Å². The van der Waals surface area contributed by atoms with Gasteiger partial charge in [0.15, 0.2) is 0 Å². The van der Waals surface area contributed by atoms with Crippen LogP contribution in [0.3, 0.4) is 0 Å². The summed E-state index contributed by atoms with van der Waals surface area (Å²) in [6.07, 6.45) is 2.90. The lowest BCUT2D eigenvalue weighted by Crippen LogP contribution is -2.51. The first-order valence-corrected chi connectivity index (χ1v) is 18.7. The quantitative estimate of drug-likeness (QED) is 0.209. The summed E-state index contributed by atoms with van der Waals surface area (Å²) in [5.74, 6) is -1.51. The van der Waals surface area contributed by atoms with Crippen molar-refractivity contribution >= 4 is 68.5 Å². The number of nitrogens with zero attached hydrogens (tertiary/aromatic N) is 3. The van der Waals surface area contributed by atoms with Crippen molar-refractivity contribution in [3.63, 3.8) is 0 Å². The smallest absolute Gasteiger partial charge is 0.328 e. The van der Waals surface area contributed by atoms with Crippen molar-refractivity contribution in [3.8, 4) is 6.07 Å². The fraction of sp³-hybridized carbons (Fsp3) is 0.382. The van der Waals surface area contributed by atoms with Crippen molar-refractivity contribution in [2.75, 3.05) is 18.5 Å². The molecule has 0 saturated carbocycles. The van der Waals surface area contributed by atoms with Gasteiger partial charge in [-0.25, -0.2) is 13.2 Å². The van der Waals surface area contributed by atoms with Crippen LogP contribution in [0, 0.1) is 17.2 Å². The Morgan fingerprint density at radius 2 is 1.78 bits per heavy atom. The van der Waals surface area contributed by atoms with Crippen molar-refractivity contribution in [2.45, 2.75) is 68.0 Å². The molecule has 2 amide bonds. The molecule has 2 heterocycles. The molecule has 2 aromatic carbocycles. The molecule has 0 bridgehead atoms. The topological polar surface area (TPSA) is 159 Å². The third kappa shape index (κ3) is 9.52. The molecule has 1 unspecified atom stereocenters. The number of rotatable bonds is 13. The summed E-state index contributed by atoms with van der Waals surface area (Å²) in [6.45, 7) is 8.03. The first-order chi connectivity index (χ1) is 23.2. The van der Waals surface area contributed by atoms with Crippen LogP contribution in [-0.4, -0.2) is 71.2 Å². The molecule has 3 aromatic rings. The highest BCUT2D eigenvalue weighted by Crippen LogP contribution is 2.36. The SMILES string of the molecule is CCOC(=O)[C@H](Cc1ccc(NC(=O)c2c(Cl)cncc2Cl)cc1)NC(=O)[C@@H]1C[C@@H](SC(C)C(C)C)CN1S(=O)(=O)c1cccc(C#N)c1. The number of esters is 1. The normalized spacial score (nSPS) is 17.6. The van der Waals surface area contributed by atoms with Gasteiger partial charge in [0.05, 0.1) is 38.7 Å². The van der Waals surface area contributed by atoms with Crippen LogP contribution in [-0.2, 0) is 30.8 Å². The molecule has 0 aliphatic carbocycles. The van der Waals surface area contributed by atoms with E-state index >= 15 is 0 Å². The van der Waals surface area contributed by atoms with E-state index in [2.05, 4.69) is 36.4 Å². The summed E-state index contributed by atoms with van der Waals surface area (Å²) in [6, 6.07) is 12.0. The van der Waals surface area contributed by atoms with E-state index in [-0.39, 0.29) is 62.6 Å². The number of sulfonamides is 1. The van der Waals surface area contributed by atoms with E-state index in [1.807, 2.05) is 6.07 Å². The van der Waals surface area contributed by atoms with Crippen LogP contribution in [0.25, 0.3) is 0 Å². The number of nitriles is 1. The first kappa shape index (κ1) is 38.1. The number of ether oxygens (including phenoxy) is 1. The van der Waals surface area contributed by atoms with E-state index in [1.165, 1.54) is 41.0 Å². The molecule has 260 valence electrons. The van der Waals surface area contributed by atoms with Gasteiger partial charge in [0.2, 0.25) is 15.9 Å². The number of hydrogen-bond acceptors (Lipinski definition) is 9. The predicted molar refractivity (Wildman–Crippen MR) is 190 cm³/mol. The molecule has 0 spiro atoms. The number of halogens is 2. The third-order valence-electron chi connectivity index (χ3n) is 8.06. The Labute approximate surface area is 300 Å². The molecule has 15 heteroatoms. The van der Waals surface area contributed by atoms with Gasteiger partial charge < -0.3 is 15.4 Å². The molecule has 1 aliphatic rings. The number of hydrogen-bond donors (Lipinski definition) is 2. The van der Waals surface area contributed by atoms with Crippen LogP contribution in [0.15, 0.2) is 65.8 Å². The summed E-state index contributed by atoms with van der Waals surface area (Å²) >= 11 is 13.8. The molecule has 0 radical (unpaired) electrons. The maximum Gasteiger partial charge on any atom is 0.328 e. The van der Waals surface area contributed by atoms with Crippen molar-refractivity contribution in [3.05, 3.63) is 87.7 Å². The number of anilines is 1. The third-order valence-corrected chi connectivity index (χ3v) is 12.2. The Balaban J connectivity index is 1.55. The summed E-state index contributed by atoms with van der Waals surface area (Å²) in [7, 11) is -4.18. The van der Waals surface area contributed by atoms with E-state index in [0.29, 0.717) is 17.2 Å². The van der Waals surface area contributed by atoms with Gasteiger partial charge in [-0.05, 0) is 55.2 Å². The van der Waals surface area contributed by atoms with E-state index in [0.717, 1.165) is 0 Å². The van der Waals surface area contributed by atoms with Gasteiger partial charge in [-0.3, -0.25) is 14.6 Å². The van der Waals surface area contributed by atoms with Crippen molar-refractivity contribution in [2.24, 2.45) is 5.92 Å². The minimum absolute atomic E-state index is 0.0348. The van der Waals surface area contributed by atoms with Crippen molar-refractivity contribution in [1.82, 2.24) is 14.6 Å². The van der Waals surface area contributed by atoms with E-state index in [4.69, 9.17) is 27.9 Å². The molecular weight excluding hydrogens is 709 g/mol. The molecule has 4 atom stereocenters. The van der Waals surface area contributed by atoms with Crippen LogP contribution in [0.5, 0.6) is 0 Å². The summed E-state index contributed by atoms with van der Waals surface area (Å²) < 4.78 is 34.3. The largest absolute Gasteiger partial charge is 0.464 e. The summed E-state index contributed by atoms with van der Waals surface area (Å²) in [5, 5.41) is 15.1. The molecule has 4 rings (SSSR count). The van der Waals surface area contributed by atoms with Crippen LogP contribution in [0.2, 0.25) is 10.0 Å². The van der Waals surface area contributed by atoms with Gasteiger partial charge in [0.1, 0.15) is 12.1 Å². The Bertz CT molecular complexity index is 1810. The van der Waals surface area contributed by atoms with Gasteiger partial charge in [0.25, 0.3) is 5.91 Å². The molecule has 1 aromatic heterocycles. The molecule has 1 aliphatic heterocycles. The second-order valence-corrected chi connectivity index (χ2v) is 16.2. The number of thioether (sulfide) groups is 1. The lowest BCUT2D eigenvalue weighted by Gasteiger charge is -2.25. The first-order valence-electron chi connectivity index (χ1n) is 15.6. The highest BCUT2D eigenvalue weighted by Gasteiger charge is 2.45. The number of carbonyl (C=O) groups is 3.